The molecule has 672 valence electrons. The summed E-state index contributed by atoms with van der Waals surface area (Å²) in [7, 11) is 0. The van der Waals surface area contributed by atoms with Crippen molar-refractivity contribution in [1.29, 1.82) is 0 Å². The van der Waals surface area contributed by atoms with Crippen LogP contribution in [0.25, 0.3) is 318 Å². The number of benzene rings is 23. The molecule has 12 aromatic heterocycles. The van der Waals surface area contributed by atoms with Gasteiger partial charge in [-0.15, -0.1) is 0 Å². The van der Waals surface area contributed by atoms with Gasteiger partial charge in [0.15, 0.2) is 0 Å². The first-order valence-corrected chi connectivity index (χ1v) is 49.9. The first-order chi connectivity index (χ1) is 72.4. The fraction of sp³-hybridized carbons (Fsp3) is 0. The third-order valence-corrected chi connectivity index (χ3v) is 31.4. The highest BCUT2D eigenvalue weighted by atomic mass is 15.2. The maximum Gasteiger partial charge on any atom is 0.235 e. The van der Waals surface area contributed by atoms with E-state index in [1.54, 1.807) is 0 Å². The summed E-state index contributed by atoms with van der Waals surface area (Å²) in [6, 6.07) is 166. The molecule has 0 unspecified atom stereocenters. The number of para-hydroxylation sites is 9. The van der Waals surface area contributed by atoms with E-state index in [4.69, 9.17) is 29.9 Å². The summed E-state index contributed by atoms with van der Waals surface area (Å²) >= 11 is 0. The fourth-order valence-electron chi connectivity index (χ4n) is 25.2. The van der Waals surface area contributed by atoms with Crippen LogP contribution in [-0.2, 0) is 0 Å². The predicted octanol–water partition coefficient (Wildman–Crippen LogP) is 34.4. The van der Waals surface area contributed by atoms with Crippen molar-refractivity contribution in [2.75, 3.05) is 0 Å². The number of hydrogen-bond acceptors (Lipinski definition) is 6. The van der Waals surface area contributed by atoms with Crippen LogP contribution in [0, 0.1) is 0 Å². The molecule has 0 radical (unpaired) electrons. The Morgan fingerprint density at radius 2 is 0.418 bits per heavy atom. The number of aromatic nitrogens is 12. The maximum absolute atomic E-state index is 5.52. The minimum Gasteiger partial charge on any atom is -0.308 e. The van der Waals surface area contributed by atoms with E-state index in [9.17, 15) is 0 Å². The molecule has 0 N–H and O–H groups in total. The summed E-state index contributed by atoms with van der Waals surface area (Å²) in [4.78, 5) is 32.3. The molecule has 0 saturated carbocycles. The Bertz CT molecular complexity index is 11900. The molecule has 0 saturated heterocycles. The highest BCUT2D eigenvalue weighted by molar-refractivity contribution is 6.39. The lowest BCUT2D eigenvalue weighted by molar-refractivity contribution is 1.02. The quantitative estimate of drug-likeness (QED) is 0.164. The van der Waals surface area contributed by atoms with Crippen molar-refractivity contribution in [3.05, 3.63) is 461 Å². The van der Waals surface area contributed by atoms with E-state index in [-0.39, 0.29) is 0 Å². The first kappa shape index (κ1) is 79.0. The number of rotatable bonds is 6. The Morgan fingerprint density at radius 1 is 0.137 bits per heavy atom. The van der Waals surface area contributed by atoms with E-state index in [0.717, 1.165) is 99.6 Å². The monoisotopic (exact) mass is 1850 g/mol. The van der Waals surface area contributed by atoms with Gasteiger partial charge in [0.05, 0.1) is 116 Å². The molecular formula is C134H76N12. The Morgan fingerprint density at radius 3 is 0.815 bits per heavy atom. The zero-order chi connectivity index (χ0) is 94.9. The van der Waals surface area contributed by atoms with Crippen LogP contribution in [0.5, 0.6) is 0 Å². The smallest absolute Gasteiger partial charge is 0.235 e. The van der Waals surface area contributed by atoms with Gasteiger partial charge < -0.3 is 13.2 Å². The molecule has 12 heteroatoms. The lowest BCUT2D eigenvalue weighted by Gasteiger charge is -2.13. The van der Waals surface area contributed by atoms with Crippen molar-refractivity contribution in [3.8, 4) is 51.6 Å². The third kappa shape index (κ3) is 11.0. The van der Waals surface area contributed by atoms with Crippen molar-refractivity contribution < 1.29 is 0 Å². The van der Waals surface area contributed by atoms with Gasteiger partial charge in [0.2, 0.25) is 17.8 Å². The summed E-state index contributed by atoms with van der Waals surface area (Å²) in [5.41, 5.74) is 26.6. The highest BCUT2D eigenvalue weighted by Crippen LogP contribution is 2.53. The molecule has 0 spiro atoms. The molecule has 146 heavy (non-hydrogen) atoms. The molecule has 12 nitrogen and oxygen atoms in total. The molecule has 0 aliphatic carbocycles. The Balaban J connectivity index is 0.0000000958. The van der Waals surface area contributed by atoms with Gasteiger partial charge in [-0.3, -0.25) is 13.7 Å². The topological polar surface area (TPSA) is 105 Å². The van der Waals surface area contributed by atoms with E-state index in [0.29, 0.717) is 17.8 Å². The molecule has 0 aliphatic heterocycles. The Kier molecular flexibility index (Phi) is 16.2. The summed E-state index contributed by atoms with van der Waals surface area (Å²) in [6.07, 6.45) is 0. The van der Waals surface area contributed by atoms with Gasteiger partial charge in [0.25, 0.3) is 0 Å². The minimum absolute atomic E-state index is 0.672. The average molecular weight is 1850 g/mol. The Labute approximate surface area is 829 Å². The maximum atomic E-state index is 5.52. The van der Waals surface area contributed by atoms with Gasteiger partial charge in [0, 0.05) is 130 Å². The zero-order valence-electron chi connectivity index (χ0n) is 78.2. The van der Waals surface area contributed by atoms with Crippen molar-refractivity contribution in [1.82, 2.24) is 56.8 Å². The van der Waals surface area contributed by atoms with Gasteiger partial charge >= 0.3 is 0 Å². The molecule has 0 atom stereocenters. The van der Waals surface area contributed by atoms with Crippen LogP contribution < -0.4 is 0 Å². The standard InChI is InChI=1S/2C46H26N4.C42H24N4/c1-2-14-29-25-41-35(24-28(29)13-1)37-26-36-31-17-6-9-22-39(31)50(45(36)42-34-19-7-10-23-40(34)49(41)44(37)42)46-47-38-21-8-5-18-33(38)43(48-46)32-20-11-15-27-12-3-4-16-30(27)32;1-2-12-28-23-31(22-21-27(28)11-1)43-33-16-5-8-18-38(33)47-46(48-43)50-39-19-9-6-15-32(39)36-26-37-35-24-29-13-3-4-14-30(29)25-41(35)49-40-20-10-7-17-34(40)42(44(37)49)45(36)50;1-2-12-25(13-3-1)39-29-17-6-9-19-34(29)43-42(44-39)46-35-20-10-7-16-28(35)32-24-33-31-22-26-14-4-5-15-27(26)23-37(31)45-36-21-11-8-18-30(36)38(40(33)45)41(32)46/h2*1-26H;1-24H. The molecule has 0 amide bonds. The van der Waals surface area contributed by atoms with Crippen LogP contribution >= 0.6 is 0 Å². The SMILES string of the molecule is c1ccc(-c2nc(-n3c4ccccc4c4cc5c6cc7ccccc7cc6n6c7ccccc7c(c43)c56)nc3ccccc23)cc1.c1ccc2cc(-c3nc(-n4c5ccccc5c5cc6c7cc8ccccc8cc7n7c8ccccc8c(c54)c67)nc4ccccc34)ccc2c1.c1ccc2cc3c(cc2c1)c1cc2c4ccccc4n(-c4nc(-c5cccc6ccccc56)c5ccccc5n4)c2c2c4ccccc4n3c12. The second-order valence-electron chi connectivity index (χ2n) is 39.0. The normalized spacial score (nSPS) is 12.4. The number of hydrogen-bond donors (Lipinski definition) is 0. The first-order valence-electron chi connectivity index (χ1n) is 49.9. The molecule has 23 aromatic carbocycles. The molecule has 35 aromatic rings. The number of fused-ring (bicyclic) bond motifs is 38. The van der Waals surface area contributed by atoms with Crippen LogP contribution in [0.3, 0.4) is 0 Å². The van der Waals surface area contributed by atoms with E-state index >= 15 is 0 Å². The molecule has 0 fully saturated rings. The summed E-state index contributed by atoms with van der Waals surface area (Å²) in [5.74, 6) is 2.02. The van der Waals surface area contributed by atoms with Gasteiger partial charge in [0.1, 0.15) is 0 Å². The highest BCUT2D eigenvalue weighted by Gasteiger charge is 2.32. The van der Waals surface area contributed by atoms with Crippen LogP contribution in [0.2, 0.25) is 0 Å². The third-order valence-electron chi connectivity index (χ3n) is 31.4. The van der Waals surface area contributed by atoms with Crippen molar-refractivity contribution >= 4 is 266 Å². The molecule has 12 heterocycles. The van der Waals surface area contributed by atoms with Crippen LogP contribution in [0.15, 0.2) is 461 Å². The van der Waals surface area contributed by atoms with E-state index in [1.807, 2.05) is 6.07 Å². The second-order valence-corrected chi connectivity index (χ2v) is 39.0. The van der Waals surface area contributed by atoms with Gasteiger partial charge in [-0.1, -0.05) is 346 Å². The van der Waals surface area contributed by atoms with Crippen LogP contribution in [-0.4, -0.2) is 56.8 Å². The average Bonchev–Trinajstić information content (AvgIpc) is 1.52. The molecule has 0 bridgehead atoms. The van der Waals surface area contributed by atoms with E-state index in [2.05, 4.69) is 482 Å². The van der Waals surface area contributed by atoms with Crippen LogP contribution in [0.1, 0.15) is 0 Å². The van der Waals surface area contributed by atoms with Crippen LogP contribution in [0.4, 0.5) is 0 Å². The molecule has 35 rings (SSSR count). The van der Waals surface area contributed by atoms with E-state index in [1.165, 1.54) is 200 Å². The molecular weight excluding hydrogens is 1780 g/mol. The summed E-state index contributed by atoms with van der Waals surface area (Å²) < 4.78 is 14.4. The van der Waals surface area contributed by atoms with Crippen molar-refractivity contribution in [2.45, 2.75) is 0 Å². The number of nitrogens with zero attached hydrogens (tertiary/aromatic N) is 12. The largest absolute Gasteiger partial charge is 0.308 e. The second kappa shape index (κ2) is 29.9. The van der Waals surface area contributed by atoms with E-state index < -0.39 is 0 Å². The lowest BCUT2D eigenvalue weighted by Crippen LogP contribution is -2.04. The zero-order valence-corrected chi connectivity index (χ0v) is 78.2. The van der Waals surface area contributed by atoms with Gasteiger partial charge in [-0.25, -0.2) is 29.9 Å². The van der Waals surface area contributed by atoms with Gasteiger partial charge in [-0.05, 0) is 169 Å². The molecule has 0 aliphatic rings. The lowest BCUT2D eigenvalue weighted by atomic mass is 9.99. The van der Waals surface area contributed by atoms with Gasteiger partial charge in [-0.2, -0.15) is 0 Å². The van der Waals surface area contributed by atoms with Crippen molar-refractivity contribution in [3.63, 3.8) is 0 Å². The minimum atomic E-state index is 0.672. The van der Waals surface area contributed by atoms with Crippen molar-refractivity contribution in [2.24, 2.45) is 0 Å². The predicted molar refractivity (Wildman–Crippen MR) is 609 cm³/mol. The Hall–Kier alpha value is -19.8. The summed E-state index contributed by atoms with van der Waals surface area (Å²) in [6.45, 7) is 0. The fourth-order valence-corrected chi connectivity index (χ4v) is 25.2. The summed E-state index contributed by atoms with van der Waals surface area (Å²) in [5, 5.41) is 37.6.